The summed E-state index contributed by atoms with van der Waals surface area (Å²) in [6, 6.07) is 5.69. The smallest absolute Gasteiger partial charge is 0.332 e. The maximum Gasteiger partial charge on any atom is 0.332 e. The second-order valence-corrected chi connectivity index (χ2v) is 6.66. The number of carbonyl (C=O) groups is 3. The van der Waals surface area contributed by atoms with Gasteiger partial charge in [0.2, 0.25) is 5.78 Å². The zero-order valence-electron chi connectivity index (χ0n) is 11.2. The normalized spacial score (nSPS) is 14.6. The van der Waals surface area contributed by atoms with Gasteiger partial charge in [0.15, 0.2) is 0 Å². The minimum absolute atomic E-state index is 0.114. The monoisotopic (exact) mass is 326 g/mol. The Morgan fingerprint density at radius 2 is 2.24 bits per heavy atom. The van der Waals surface area contributed by atoms with Crippen LogP contribution in [0.3, 0.4) is 0 Å². The van der Waals surface area contributed by atoms with E-state index in [4.69, 9.17) is 4.84 Å². The van der Waals surface area contributed by atoms with Gasteiger partial charge in [0.25, 0.3) is 0 Å². The fraction of sp³-hybridized carbons (Fsp3) is 0.385. The fourth-order valence-electron chi connectivity index (χ4n) is 1.58. The highest BCUT2D eigenvalue weighted by Crippen LogP contribution is 2.29. The molecule has 1 fully saturated rings. The molecule has 0 atom stereocenters. The number of hydrogen-bond donors (Lipinski definition) is 0. The summed E-state index contributed by atoms with van der Waals surface area (Å²) < 4.78 is 0. The lowest BCUT2D eigenvalue weighted by atomic mass is 10.3. The van der Waals surface area contributed by atoms with Crippen LogP contribution in [0, 0.1) is 0 Å². The van der Waals surface area contributed by atoms with Crippen molar-refractivity contribution < 1.29 is 19.2 Å². The van der Waals surface area contributed by atoms with Gasteiger partial charge in [-0.3, -0.25) is 9.59 Å². The Morgan fingerprint density at radius 3 is 2.90 bits per heavy atom. The maximum absolute atomic E-state index is 11.5. The quantitative estimate of drug-likeness (QED) is 0.430. The van der Waals surface area contributed by atoms with Crippen molar-refractivity contribution in [2.24, 2.45) is 0 Å². The zero-order chi connectivity index (χ0) is 15.1. The van der Waals surface area contributed by atoms with Crippen LogP contribution in [-0.2, 0) is 19.2 Å². The van der Waals surface area contributed by atoms with Crippen LogP contribution in [0.4, 0.5) is 0 Å². The molecule has 6 nitrogen and oxygen atoms in total. The molecule has 0 aromatic carbocycles. The Hall–Kier alpha value is -1.54. The molecule has 21 heavy (non-hydrogen) atoms. The first kappa shape index (κ1) is 15.8. The average molecular weight is 326 g/mol. The molecule has 0 aliphatic carbocycles. The molecule has 0 unspecified atom stereocenters. The molecule has 1 saturated heterocycles. The van der Waals surface area contributed by atoms with Gasteiger partial charge in [-0.1, -0.05) is 16.9 Å². The molecule has 0 N–H and O–H groups in total. The van der Waals surface area contributed by atoms with Gasteiger partial charge in [-0.25, -0.2) is 9.78 Å². The highest BCUT2D eigenvalue weighted by atomic mass is 33.1. The van der Waals surface area contributed by atoms with Crippen LogP contribution in [0.2, 0.25) is 0 Å². The van der Waals surface area contributed by atoms with Crippen LogP contribution in [-0.4, -0.2) is 40.0 Å². The predicted molar refractivity (Wildman–Crippen MR) is 79.2 cm³/mol. The van der Waals surface area contributed by atoms with Crippen molar-refractivity contribution in [1.82, 2.24) is 10.0 Å². The van der Waals surface area contributed by atoms with Crippen molar-refractivity contribution in [3.8, 4) is 0 Å². The predicted octanol–water partition coefficient (Wildman–Crippen LogP) is 1.86. The van der Waals surface area contributed by atoms with Crippen molar-refractivity contribution in [2.45, 2.75) is 24.3 Å². The minimum atomic E-state index is -0.733. The third-order valence-corrected chi connectivity index (χ3v) is 4.96. The number of rotatable bonds is 7. The molecule has 8 heteroatoms. The minimum Gasteiger partial charge on any atom is -0.338 e. The van der Waals surface area contributed by atoms with E-state index in [1.807, 2.05) is 18.2 Å². The Kier molecular flexibility index (Phi) is 6.06. The van der Waals surface area contributed by atoms with E-state index in [-0.39, 0.29) is 19.4 Å². The molecular weight excluding hydrogens is 312 g/mol. The average Bonchev–Trinajstić information content (AvgIpc) is 2.80. The summed E-state index contributed by atoms with van der Waals surface area (Å²) >= 11 is 0. The van der Waals surface area contributed by atoms with Gasteiger partial charge >= 0.3 is 11.9 Å². The number of hydroxylamine groups is 2. The molecule has 0 saturated carbocycles. The third kappa shape index (κ3) is 5.05. The Balaban J connectivity index is 1.57. The number of ketones is 1. The van der Waals surface area contributed by atoms with Crippen molar-refractivity contribution in [2.75, 3.05) is 12.3 Å². The Labute approximate surface area is 130 Å². The van der Waals surface area contributed by atoms with Crippen LogP contribution in [0.15, 0.2) is 29.4 Å². The summed E-state index contributed by atoms with van der Waals surface area (Å²) in [5.41, 5.74) is 0. The lowest BCUT2D eigenvalue weighted by Crippen LogP contribution is -2.30. The second-order valence-electron chi connectivity index (χ2n) is 4.22. The van der Waals surface area contributed by atoms with Gasteiger partial charge < -0.3 is 4.84 Å². The van der Waals surface area contributed by atoms with E-state index < -0.39 is 17.7 Å². The van der Waals surface area contributed by atoms with E-state index in [0.29, 0.717) is 6.42 Å². The standard InChI is InChI=1S/C13H14N2O4S2/c16-10-6-8-15(13(10)18)19-12(17)5-3-9-20-21-11-4-1-2-7-14-11/h1-2,4,7H,3,5-6,8-9H2. The van der Waals surface area contributed by atoms with Crippen LogP contribution < -0.4 is 0 Å². The fourth-order valence-corrected chi connectivity index (χ4v) is 3.55. The highest BCUT2D eigenvalue weighted by molar-refractivity contribution is 8.76. The van der Waals surface area contributed by atoms with E-state index in [9.17, 15) is 14.4 Å². The van der Waals surface area contributed by atoms with E-state index in [1.54, 1.807) is 27.8 Å². The number of nitrogens with zero attached hydrogens (tertiary/aromatic N) is 2. The number of Topliss-reactive ketones (excluding diaryl/α,β-unsaturated/α-hetero) is 1. The summed E-state index contributed by atoms with van der Waals surface area (Å²) in [5, 5.41) is 1.77. The van der Waals surface area contributed by atoms with Crippen LogP contribution in [0.5, 0.6) is 0 Å². The van der Waals surface area contributed by atoms with E-state index in [2.05, 4.69) is 4.98 Å². The molecule has 1 amide bonds. The number of aromatic nitrogens is 1. The number of amides is 1. The van der Waals surface area contributed by atoms with Crippen molar-refractivity contribution >= 4 is 39.2 Å². The van der Waals surface area contributed by atoms with Gasteiger partial charge in [-0.05, 0) is 29.3 Å². The van der Waals surface area contributed by atoms with E-state index >= 15 is 0 Å². The largest absolute Gasteiger partial charge is 0.338 e. The first-order chi connectivity index (χ1) is 10.2. The van der Waals surface area contributed by atoms with Crippen molar-refractivity contribution in [3.63, 3.8) is 0 Å². The van der Waals surface area contributed by atoms with Crippen LogP contribution in [0.25, 0.3) is 0 Å². The van der Waals surface area contributed by atoms with Gasteiger partial charge in [0, 0.05) is 24.8 Å². The maximum atomic E-state index is 11.5. The molecule has 1 aromatic rings. The molecule has 1 aromatic heterocycles. The highest BCUT2D eigenvalue weighted by Gasteiger charge is 2.32. The Morgan fingerprint density at radius 1 is 1.38 bits per heavy atom. The molecule has 2 heterocycles. The molecule has 112 valence electrons. The molecule has 0 radical (unpaired) electrons. The molecule has 0 bridgehead atoms. The van der Waals surface area contributed by atoms with Gasteiger partial charge in [0.1, 0.15) is 5.03 Å². The second kappa shape index (κ2) is 8.04. The zero-order valence-corrected chi connectivity index (χ0v) is 12.8. The summed E-state index contributed by atoms with van der Waals surface area (Å²) in [6.45, 7) is 0.160. The van der Waals surface area contributed by atoms with Crippen molar-refractivity contribution in [1.29, 1.82) is 0 Å². The third-order valence-electron chi connectivity index (χ3n) is 2.61. The molecule has 0 spiro atoms. The first-order valence-corrected chi connectivity index (χ1v) is 8.74. The summed E-state index contributed by atoms with van der Waals surface area (Å²) in [5.74, 6) is -0.960. The lowest BCUT2D eigenvalue weighted by Gasteiger charge is -2.13. The topological polar surface area (TPSA) is 76.6 Å². The van der Waals surface area contributed by atoms with Gasteiger partial charge in [-0.2, -0.15) is 5.06 Å². The summed E-state index contributed by atoms with van der Waals surface area (Å²) in [6.07, 6.45) is 2.70. The summed E-state index contributed by atoms with van der Waals surface area (Å²) in [4.78, 5) is 42.8. The molecular formula is C13H14N2O4S2. The van der Waals surface area contributed by atoms with Crippen LogP contribution >= 0.6 is 21.6 Å². The van der Waals surface area contributed by atoms with Crippen molar-refractivity contribution in [3.05, 3.63) is 24.4 Å². The number of carbonyl (C=O) groups excluding carboxylic acids is 3. The van der Waals surface area contributed by atoms with Crippen LogP contribution in [0.1, 0.15) is 19.3 Å². The van der Waals surface area contributed by atoms with Gasteiger partial charge in [0.05, 0.1) is 6.54 Å². The lowest BCUT2D eigenvalue weighted by molar-refractivity contribution is -0.192. The number of pyridine rings is 1. The summed E-state index contributed by atoms with van der Waals surface area (Å²) in [7, 11) is 3.15. The van der Waals surface area contributed by atoms with E-state index in [1.165, 1.54) is 0 Å². The first-order valence-electron chi connectivity index (χ1n) is 6.43. The van der Waals surface area contributed by atoms with E-state index in [0.717, 1.165) is 15.8 Å². The SMILES string of the molecule is O=C(CCCSSc1ccccn1)ON1CCC(=O)C1=O. The Bertz CT molecular complexity index is 524. The van der Waals surface area contributed by atoms with Gasteiger partial charge in [-0.15, -0.1) is 0 Å². The molecule has 1 aliphatic rings. The molecule has 2 rings (SSSR count). The number of hydrogen-bond acceptors (Lipinski definition) is 7. The molecule has 1 aliphatic heterocycles.